The van der Waals surface area contributed by atoms with Crippen LogP contribution in [0.15, 0.2) is 48.5 Å². The van der Waals surface area contributed by atoms with Gasteiger partial charge in [0.05, 0.1) is 7.11 Å². The summed E-state index contributed by atoms with van der Waals surface area (Å²) in [5.41, 5.74) is 0. The van der Waals surface area contributed by atoms with Gasteiger partial charge >= 0.3 is 0 Å². The standard InChI is InChI=1S/C17H13N5O3S/c1-24-11-7-8-12-13(9-11)26-15(16(23)18-17-19-21-22-20-17)14(12)25-10-5-3-2-4-6-10/h2-9H,1H3,(H2,18,19,20,21,22,23). The van der Waals surface area contributed by atoms with Crippen molar-refractivity contribution in [2.45, 2.75) is 0 Å². The minimum Gasteiger partial charge on any atom is -0.497 e. The molecule has 1 amide bonds. The van der Waals surface area contributed by atoms with E-state index in [1.54, 1.807) is 7.11 Å². The highest BCUT2D eigenvalue weighted by Gasteiger charge is 2.22. The van der Waals surface area contributed by atoms with E-state index in [1.165, 1.54) is 11.3 Å². The molecule has 0 aliphatic heterocycles. The molecule has 0 aliphatic carbocycles. The molecule has 0 radical (unpaired) electrons. The third-order valence-electron chi connectivity index (χ3n) is 3.60. The molecule has 0 spiro atoms. The average molecular weight is 367 g/mol. The maximum Gasteiger partial charge on any atom is 0.272 e. The number of anilines is 1. The number of aromatic nitrogens is 4. The Kier molecular flexibility index (Phi) is 4.20. The van der Waals surface area contributed by atoms with E-state index in [2.05, 4.69) is 25.9 Å². The van der Waals surface area contributed by atoms with Gasteiger partial charge in [-0.05, 0) is 40.8 Å². The van der Waals surface area contributed by atoms with Crippen molar-refractivity contribution in [3.8, 4) is 17.2 Å². The van der Waals surface area contributed by atoms with Gasteiger partial charge in [-0.2, -0.15) is 0 Å². The number of thiophene rings is 1. The lowest BCUT2D eigenvalue weighted by Gasteiger charge is -2.07. The molecule has 130 valence electrons. The van der Waals surface area contributed by atoms with E-state index in [0.717, 1.165) is 10.1 Å². The fraction of sp³-hybridized carbons (Fsp3) is 0.0588. The number of tetrazole rings is 1. The molecule has 0 saturated carbocycles. The molecule has 0 atom stereocenters. The number of benzene rings is 2. The topological polar surface area (TPSA) is 102 Å². The van der Waals surface area contributed by atoms with Crippen molar-refractivity contribution in [3.63, 3.8) is 0 Å². The van der Waals surface area contributed by atoms with Crippen LogP contribution in [0.25, 0.3) is 10.1 Å². The van der Waals surface area contributed by atoms with E-state index < -0.39 is 0 Å². The molecule has 9 heteroatoms. The zero-order valence-electron chi connectivity index (χ0n) is 13.6. The molecule has 0 aliphatic rings. The van der Waals surface area contributed by atoms with Gasteiger partial charge in [0, 0.05) is 10.1 Å². The third kappa shape index (κ3) is 3.07. The molecule has 0 saturated heterocycles. The lowest BCUT2D eigenvalue weighted by Crippen LogP contribution is -2.12. The van der Waals surface area contributed by atoms with Crippen molar-refractivity contribution in [1.29, 1.82) is 0 Å². The number of H-pyrrole nitrogens is 1. The number of amides is 1. The highest BCUT2D eigenvalue weighted by atomic mass is 32.1. The van der Waals surface area contributed by atoms with E-state index in [4.69, 9.17) is 9.47 Å². The summed E-state index contributed by atoms with van der Waals surface area (Å²) in [6.45, 7) is 0. The zero-order valence-corrected chi connectivity index (χ0v) is 14.4. The number of nitrogens with one attached hydrogen (secondary N) is 2. The van der Waals surface area contributed by atoms with Crippen LogP contribution in [0, 0.1) is 0 Å². The van der Waals surface area contributed by atoms with Crippen LogP contribution in [0.4, 0.5) is 5.95 Å². The summed E-state index contributed by atoms with van der Waals surface area (Å²) in [6.07, 6.45) is 0. The number of ether oxygens (including phenoxy) is 2. The Morgan fingerprint density at radius 1 is 1.15 bits per heavy atom. The Bertz CT molecular complexity index is 1050. The molecule has 2 N–H and O–H groups in total. The Labute approximate surface area is 151 Å². The largest absolute Gasteiger partial charge is 0.497 e. The summed E-state index contributed by atoms with van der Waals surface area (Å²) in [5.74, 6) is 1.61. The highest BCUT2D eigenvalue weighted by Crippen LogP contribution is 2.41. The summed E-state index contributed by atoms with van der Waals surface area (Å²) < 4.78 is 12.2. The van der Waals surface area contributed by atoms with Gasteiger partial charge in [-0.15, -0.1) is 11.3 Å². The van der Waals surface area contributed by atoms with Crippen LogP contribution >= 0.6 is 11.3 Å². The molecule has 4 rings (SSSR count). The molecule has 4 aromatic rings. The van der Waals surface area contributed by atoms with Gasteiger partial charge in [0.25, 0.3) is 5.91 Å². The Morgan fingerprint density at radius 2 is 2.00 bits per heavy atom. The number of para-hydroxylation sites is 1. The van der Waals surface area contributed by atoms with Gasteiger partial charge in [0.15, 0.2) is 5.75 Å². The second-order valence-corrected chi connectivity index (χ2v) is 6.29. The number of carbonyl (C=O) groups excluding carboxylic acids is 1. The summed E-state index contributed by atoms with van der Waals surface area (Å²) in [7, 11) is 1.60. The number of nitrogens with zero attached hydrogens (tertiary/aromatic N) is 3. The van der Waals surface area contributed by atoms with Crippen LogP contribution in [0.3, 0.4) is 0 Å². The quantitative estimate of drug-likeness (QED) is 0.560. The van der Waals surface area contributed by atoms with Crippen molar-refractivity contribution in [2.75, 3.05) is 12.4 Å². The van der Waals surface area contributed by atoms with Crippen molar-refractivity contribution >= 4 is 33.3 Å². The molecule has 0 bridgehead atoms. The first-order valence-corrected chi connectivity index (χ1v) is 8.45. The molecule has 2 aromatic carbocycles. The van der Waals surface area contributed by atoms with E-state index in [-0.39, 0.29) is 11.9 Å². The summed E-state index contributed by atoms with van der Waals surface area (Å²) >= 11 is 1.30. The maximum absolute atomic E-state index is 12.7. The highest BCUT2D eigenvalue weighted by molar-refractivity contribution is 7.21. The first-order chi connectivity index (χ1) is 12.7. The monoisotopic (exact) mass is 367 g/mol. The summed E-state index contributed by atoms with van der Waals surface area (Å²) in [5, 5.41) is 16.5. The minimum absolute atomic E-state index is 0.163. The number of rotatable bonds is 5. The minimum atomic E-state index is -0.366. The molecule has 0 unspecified atom stereocenters. The van der Waals surface area contributed by atoms with Gasteiger partial charge in [0.2, 0.25) is 5.95 Å². The molecule has 0 fully saturated rings. The van der Waals surface area contributed by atoms with Crippen LogP contribution in [0.2, 0.25) is 0 Å². The van der Waals surface area contributed by atoms with Crippen LogP contribution in [-0.4, -0.2) is 33.6 Å². The van der Waals surface area contributed by atoms with Crippen LogP contribution in [-0.2, 0) is 0 Å². The Balaban J connectivity index is 1.78. The van der Waals surface area contributed by atoms with E-state index in [0.29, 0.717) is 22.1 Å². The molecular weight excluding hydrogens is 354 g/mol. The summed E-state index contributed by atoms with van der Waals surface area (Å²) in [4.78, 5) is 13.1. The first-order valence-electron chi connectivity index (χ1n) is 7.63. The van der Waals surface area contributed by atoms with Gasteiger partial charge in [-0.3, -0.25) is 10.1 Å². The fourth-order valence-corrected chi connectivity index (χ4v) is 3.47. The number of aromatic amines is 1. The third-order valence-corrected chi connectivity index (χ3v) is 4.73. The number of methoxy groups -OCH3 is 1. The predicted molar refractivity (Wildman–Crippen MR) is 97.0 cm³/mol. The van der Waals surface area contributed by atoms with Crippen molar-refractivity contribution in [1.82, 2.24) is 20.6 Å². The zero-order chi connectivity index (χ0) is 17.9. The average Bonchev–Trinajstić information content (AvgIpc) is 3.30. The smallest absolute Gasteiger partial charge is 0.272 e. The second-order valence-electron chi connectivity index (χ2n) is 5.24. The number of carbonyl (C=O) groups is 1. The number of hydrogen-bond acceptors (Lipinski definition) is 7. The number of fused-ring (bicyclic) bond motifs is 1. The Hall–Kier alpha value is -3.46. The fourth-order valence-electron chi connectivity index (χ4n) is 2.41. The first kappa shape index (κ1) is 16.0. The molecule has 26 heavy (non-hydrogen) atoms. The maximum atomic E-state index is 12.7. The van der Waals surface area contributed by atoms with Crippen molar-refractivity contribution in [2.24, 2.45) is 0 Å². The van der Waals surface area contributed by atoms with Crippen molar-refractivity contribution < 1.29 is 14.3 Å². The van der Waals surface area contributed by atoms with Crippen LogP contribution < -0.4 is 14.8 Å². The van der Waals surface area contributed by atoms with Gasteiger partial charge < -0.3 is 9.47 Å². The SMILES string of the molecule is COc1ccc2c(Oc3ccccc3)c(C(=O)Nc3nnn[nH]3)sc2c1. The van der Waals surface area contributed by atoms with E-state index >= 15 is 0 Å². The molecule has 8 nitrogen and oxygen atoms in total. The van der Waals surface area contributed by atoms with Gasteiger partial charge in [-0.25, -0.2) is 5.10 Å². The normalized spacial score (nSPS) is 10.7. The van der Waals surface area contributed by atoms with Gasteiger partial charge in [0.1, 0.15) is 16.4 Å². The van der Waals surface area contributed by atoms with E-state index in [1.807, 2.05) is 48.5 Å². The lowest BCUT2D eigenvalue weighted by atomic mass is 10.2. The molecule has 2 heterocycles. The lowest BCUT2D eigenvalue weighted by molar-refractivity contribution is 0.102. The number of hydrogen-bond donors (Lipinski definition) is 2. The molecular formula is C17H13N5O3S. The van der Waals surface area contributed by atoms with Crippen LogP contribution in [0.1, 0.15) is 9.67 Å². The van der Waals surface area contributed by atoms with E-state index in [9.17, 15) is 4.79 Å². The second kappa shape index (κ2) is 6.81. The summed E-state index contributed by atoms with van der Waals surface area (Å²) in [6, 6.07) is 14.9. The molecule has 2 aromatic heterocycles. The van der Waals surface area contributed by atoms with Crippen LogP contribution in [0.5, 0.6) is 17.2 Å². The Morgan fingerprint density at radius 3 is 2.73 bits per heavy atom. The predicted octanol–water partition coefficient (Wildman–Crippen LogP) is 3.47. The van der Waals surface area contributed by atoms with Gasteiger partial charge in [-0.1, -0.05) is 23.3 Å². The van der Waals surface area contributed by atoms with Crippen molar-refractivity contribution in [3.05, 3.63) is 53.4 Å².